The smallest absolute Gasteiger partial charge is 0.224 e. The highest BCUT2D eigenvalue weighted by Gasteiger charge is 2.07. The van der Waals surface area contributed by atoms with Gasteiger partial charge in [0.15, 0.2) is 0 Å². The molecule has 1 amide bonds. The predicted molar refractivity (Wildman–Crippen MR) is 87.2 cm³/mol. The average molecular weight is 332 g/mol. The molecule has 2 nitrogen and oxygen atoms in total. The lowest BCUT2D eigenvalue weighted by atomic mass is 10.0. The second-order valence-electron chi connectivity index (χ2n) is 4.77. The Morgan fingerprint density at radius 1 is 1.05 bits per heavy atom. The molecule has 2 aromatic rings. The first-order valence-electron chi connectivity index (χ1n) is 6.69. The molecule has 0 saturated carbocycles. The summed E-state index contributed by atoms with van der Waals surface area (Å²) >= 11 is 3.43. The molecule has 0 fully saturated rings. The van der Waals surface area contributed by atoms with Crippen LogP contribution in [-0.4, -0.2) is 5.91 Å². The average Bonchev–Trinajstić information content (AvgIpc) is 2.47. The fourth-order valence-electron chi connectivity index (χ4n) is 2.11. The Balaban J connectivity index is 1.95. The molecule has 1 N–H and O–H groups in total. The monoisotopic (exact) mass is 331 g/mol. The van der Waals surface area contributed by atoms with Gasteiger partial charge in [0.25, 0.3) is 0 Å². The van der Waals surface area contributed by atoms with E-state index in [1.54, 1.807) is 0 Å². The fourth-order valence-corrected chi connectivity index (χ4v) is 2.60. The van der Waals surface area contributed by atoms with Gasteiger partial charge in [0.05, 0.1) is 0 Å². The first-order valence-corrected chi connectivity index (χ1v) is 7.81. The van der Waals surface area contributed by atoms with Crippen LogP contribution in [0.4, 0.5) is 5.69 Å². The number of amides is 1. The Morgan fingerprint density at radius 2 is 1.70 bits per heavy atom. The molecule has 0 saturated heterocycles. The summed E-state index contributed by atoms with van der Waals surface area (Å²) in [6, 6.07) is 16.0. The zero-order valence-electron chi connectivity index (χ0n) is 11.5. The van der Waals surface area contributed by atoms with E-state index in [1.165, 1.54) is 11.1 Å². The van der Waals surface area contributed by atoms with Crippen molar-refractivity contribution in [2.45, 2.75) is 25.1 Å². The number of benzene rings is 2. The molecule has 2 aromatic carbocycles. The number of rotatable bonds is 5. The highest BCUT2D eigenvalue weighted by atomic mass is 79.9. The first kappa shape index (κ1) is 14.8. The van der Waals surface area contributed by atoms with Crippen LogP contribution in [0.2, 0.25) is 0 Å². The standard InChI is InChI=1S/C17H18BrNO/c1-13-6-2-3-7-14(13)10-11-17(20)19-16-9-5-4-8-15(16)12-18/h2-9H,10-12H2,1H3,(H,19,20). The molecule has 0 aliphatic carbocycles. The van der Waals surface area contributed by atoms with E-state index in [4.69, 9.17) is 0 Å². The van der Waals surface area contributed by atoms with Crippen LogP contribution in [0.25, 0.3) is 0 Å². The van der Waals surface area contributed by atoms with Crippen molar-refractivity contribution < 1.29 is 4.79 Å². The van der Waals surface area contributed by atoms with Gasteiger partial charge in [-0.3, -0.25) is 4.79 Å². The minimum Gasteiger partial charge on any atom is -0.326 e. The molecule has 0 aromatic heterocycles. The third-order valence-corrected chi connectivity index (χ3v) is 3.92. The number of nitrogens with one attached hydrogen (secondary N) is 1. The van der Waals surface area contributed by atoms with E-state index in [2.05, 4.69) is 40.3 Å². The molecule has 104 valence electrons. The largest absolute Gasteiger partial charge is 0.326 e. The summed E-state index contributed by atoms with van der Waals surface area (Å²) < 4.78 is 0. The van der Waals surface area contributed by atoms with Crippen LogP contribution < -0.4 is 5.32 Å². The van der Waals surface area contributed by atoms with Crippen LogP contribution in [0, 0.1) is 6.92 Å². The summed E-state index contributed by atoms with van der Waals surface area (Å²) in [5.41, 5.74) is 4.45. The van der Waals surface area contributed by atoms with Crippen molar-refractivity contribution in [2.24, 2.45) is 0 Å². The summed E-state index contributed by atoms with van der Waals surface area (Å²) in [7, 11) is 0. The number of hydrogen-bond acceptors (Lipinski definition) is 1. The summed E-state index contributed by atoms with van der Waals surface area (Å²) in [6.07, 6.45) is 1.27. The highest BCUT2D eigenvalue weighted by Crippen LogP contribution is 2.18. The quantitative estimate of drug-likeness (QED) is 0.805. The molecule has 0 atom stereocenters. The van der Waals surface area contributed by atoms with Gasteiger partial charge in [-0.25, -0.2) is 0 Å². The topological polar surface area (TPSA) is 29.1 Å². The number of anilines is 1. The molecule has 0 spiro atoms. The van der Waals surface area contributed by atoms with E-state index < -0.39 is 0 Å². The Kier molecular flexibility index (Phi) is 5.36. The molecule has 0 aliphatic heterocycles. The molecule has 3 heteroatoms. The maximum Gasteiger partial charge on any atom is 0.224 e. The molecule has 0 heterocycles. The van der Waals surface area contributed by atoms with Crippen molar-refractivity contribution in [1.82, 2.24) is 0 Å². The third kappa shape index (κ3) is 3.94. The van der Waals surface area contributed by atoms with Crippen molar-refractivity contribution >= 4 is 27.5 Å². The van der Waals surface area contributed by atoms with Gasteiger partial charge in [0, 0.05) is 17.4 Å². The molecule has 2 rings (SSSR count). The zero-order valence-corrected chi connectivity index (χ0v) is 13.1. The number of carbonyl (C=O) groups excluding carboxylic acids is 1. The van der Waals surface area contributed by atoms with E-state index in [9.17, 15) is 4.79 Å². The van der Waals surface area contributed by atoms with Crippen LogP contribution >= 0.6 is 15.9 Å². The highest BCUT2D eigenvalue weighted by molar-refractivity contribution is 9.08. The van der Waals surface area contributed by atoms with Crippen LogP contribution in [0.5, 0.6) is 0 Å². The van der Waals surface area contributed by atoms with Gasteiger partial charge >= 0.3 is 0 Å². The second-order valence-corrected chi connectivity index (χ2v) is 5.33. The molecular formula is C17H18BrNO. The SMILES string of the molecule is Cc1ccccc1CCC(=O)Nc1ccccc1CBr. The van der Waals surface area contributed by atoms with E-state index in [1.807, 2.05) is 36.4 Å². The van der Waals surface area contributed by atoms with Crippen LogP contribution in [-0.2, 0) is 16.5 Å². The normalized spacial score (nSPS) is 10.3. The van der Waals surface area contributed by atoms with Crippen LogP contribution in [0.15, 0.2) is 48.5 Å². The van der Waals surface area contributed by atoms with Gasteiger partial charge in [-0.2, -0.15) is 0 Å². The fraction of sp³-hybridized carbons (Fsp3) is 0.235. The lowest BCUT2D eigenvalue weighted by Crippen LogP contribution is -2.13. The number of alkyl halides is 1. The number of carbonyl (C=O) groups is 1. The van der Waals surface area contributed by atoms with E-state index >= 15 is 0 Å². The van der Waals surface area contributed by atoms with Gasteiger partial charge in [0.2, 0.25) is 5.91 Å². The molecule has 20 heavy (non-hydrogen) atoms. The van der Waals surface area contributed by atoms with Gasteiger partial charge in [0.1, 0.15) is 0 Å². The van der Waals surface area contributed by atoms with Gasteiger partial charge in [-0.1, -0.05) is 58.4 Å². The lowest BCUT2D eigenvalue weighted by molar-refractivity contribution is -0.116. The maximum absolute atomic E-state index is 12.0. The number of para-hydroxylation sites is 1. The lowest BCUT2D eigenvalue weighted by Gasteiger charge is -2.10. The minimum atomic E-state index is 0.0571. The first-order chi connectivity index (χ1) is 9.70. The summed E-state index contributed by atoms with van der Waals surface area (Å²) in [5.74, 6) is 0.0571. The summed E-state index contributed by atoms with van der Waals surface area (Å²) in [5, 5.41) is 3.72. The Morgan fingerprint density at radius 3 is 2.40 bits per heavy atom. The zero-order chi connectivity index (χ0) is 14.4. The van der Waals surface area contributed by atoms with Crippen LogP contribution in [0.1, 0.15) is 23.1 Å². The Bertz CT molecular complexity index is 595. The third-order valence-electron chi connectivity index (χ3n) is 3.32. The number of aryl methyl sites for hydroxylation is 2. The van der Waals surface area contributed by atoms with Crippen molar-refractivity contribution in [3.8, 4) is 0 Å². The molecule has 0 radical (unpaired) electrons. The van der Waals surface area contributed by atoms with E-state index in [-0.39, 0.29) is 5.91 Å². The van der Waals surface area contributed by atoms with E-state index in [0.29, 0.717) is 6.42 Å². The molecular weight excluding hydrogens is 314 g/mol. The van der Waals surface area contributed by atoms with Gasteiger partial charge < -0.3 is 5.32 Å². The number of halogens is 1. The minimum absolute atomic E-state index is 0.0571. The second kappa shape index (κ2) is 7.25. The Hall–Kier alpha value is -1.61. The Labute approximate surface area is 128 Å². The van der Waals surface area contributed by atoms with Crippen LogP contribution in [0.3, 0.4) is 0 Å². The summed E-state index contributed by atoms with van der Waals surface area (Å²) in [4.78, 5) is 12.0. The maximum atomic E-state index is 12.0. The molecule has 0 unspecified atom stereocenters. The number of hydrogen-bond donors (Lipinski definition) is 1. The van der Waals surface area contributed by atoms with Crippen molar-refractivity contribution in [1.29, 1.82) is 0 Å². The predicted octanol–water partition coefficient (Wildman–Crippen LogP) is 4.46. The van der Waals surface area contributed by atoms with E-state index in [0.717, 1.165) is 23.0 Å². The van der Waals surface area contributed by atoms with Crippen molar-refractivity contribution in [3.63, 3.8) is 0 Å². The molecule has 0 aliphatic rings. The van der Waals surface area contributed by atoms with Gasteiger partial charge in [-0.15, -0.1) is 0 Å². The summed E-state index contributed by atoms with van der Waals surface area (Å²) in [6.45, 7) is 2.08. The molecule has 0 bridgehead atoms. The van der Waals surface area contributed by atoms with Crippen molar-refractivity contribution in [2.75, 3.05) is 5.32 Å². The van der Waals surface area contributed by atoms with Gasteiger partial charge in [-0.05, 0) is 36.1 Å². The van der Waals surface area contributed by atoms with Crippen molar-refractivity contribution in [3.05, 3.63) is 65.2 Å².